The number of benzene rings is 1. The maximum absolute atomic E-state index is 4.48. The van der Waals surface area contributed by atoms with Gasteiger partial charge in [0.05, 0.1) is 0 Å². The van der Waals surface area contributed by atoms with Crippen LogP contribution in [-0.4, -0.2) is 43.1 Å². The van der Waals surface area contributed by atoms with E-state index in [2.05, 4.69) is 84.2 Å². The van der Waals surface area contributed by atoms with Gasteiger partial charge in [0.15, 0.2) is 5.96 Å². The highest BCUT2D eigenvalue weighted by Gasteiger charge is 2.53. The Morgan fingerprint density at radius 3 is 2.16 bits per heavy atom. The van der Waals surface area contributed by atoms with Crippen molar-refractivity contribution in [2.24, 2.45) is 10.4 Å². The second-order valence-electron chi connectivity index (χ2n) is 7.97. The smallest absolute Gasteiger partial charge is 0.194 e. The summed E-state index contributed by atoms with van der Waals surface area (Å²) in [6.45, 7) is 13.1. The summed E-state index contributed by atoms with van der Waals surface area (Å²) in [6.07, 6.45) is 4.44. The lowest BCUT2D eigenvalue weighted by Crippen LogP contribution is -2.72. The SMILES string of the molecule is CN=C(NCc1ccc(N2CC=CC2)cc1)N1CC(C)(C)C1(C)C.I. The van der Waals surface area contributed by atoms with Gasteiger partial charge in [-0.3, -0.25) is 4.99 Å². The van der Waals surface area contributed by atoms with Crippen LogP contribution in [0.3, 0.4) is 0 Å². The Morgan fingerprint density at radius 2 is 1.68 bits per heavy atom. The van der Waals surface area contributed by atoms with Crippen LogP contribution in [0.1, 0.15) is 33.3 Å². The van der Waals surface area contributed by atoms with Gasteiger partial charge in [0, 0.05) is 49.9 Å². The fourth-order valence-electron chi connectivity index (χ4n) is 3.39. The number of halogens is 1. The van der Waals surface area contributed by atoms with E-state index in [0.29, 0.717) is 5.41 Å². The standard InChI is InChI=1S/C20H30N4.HI/c1-19(2)15-24(20(19,3)4)18(21-5)22-14-16-8-10-17(11-9-16)23-12-6-7-13-23;/h6-11H,12-15H2,1-5H3,(H,21,22);1H. The molecule has 0 unspecified atom stereocenters. The topological polar surface area (TPSA) is 30.9 Å². The Kier molecular flexibility index (Phi) is 6.07. The van der Waals surface area contributed by atoms with E-state index < -0.39 is 0 Å². The molecular weight excluding hydrogens is 423 g/mol. The molecule has 0 spiro atoms. The Labute approximate surface area is 169 Å². The molecule has 2 heterocycles. The minimum atomic E-state index is 0. The third-order valence-corrected chi connectivity index (χ3v) is 5.92. The molecule has 4 nitrogen and oxygen atoms in total. The molecule has 5 heteroatoms. The van der Waals surface area contributed by atoms with E-state index in [1.165, 1.54) is 11.3 Å². The highest BCUT2D eigenvalue weighted by atomic mass is 127. The first-order valence-corrected chi connectivity index (χ1v) is 8.82. The Balaban J connectivity index is 0.00000225. The summed E-state index contributed by atoms with van der Waals surface area (Å²) in [4.78, 5) is 9.22. The quantitative estimate of drug-likeness (QED) is 0.326. The first-order chi connectivity index (χ1) is 11.3. The average Bonchev–Trinajstić information content (AvgIpc) is 3.09. The molecule has 138 valence electrons. The molecule has 0 radical (unpaired) electrons. The number of rotatable bonds is 3. The summed E-state index contributed by atoms with van der Waals surface area (Å²) in [5, 5.41) is 3.52. The molecule has 0 saturated carbocycles. The Bertz CT molecular complexity index is 638. The van der Waals surface area contributed by atoms with Gasteiger partial charge >= 0.3 is 0 Å². The zero-order valence-electron chi connectivity index (χ0n) is 16.0. The van der Waals surface area contributed by atoms with Crippen molar-refractivity contribution in [3.05, 3.63) is 42.0 Å². The van der Waals surface area contributed by atoms with Crippen LogP contribution < -0.4 is 10.2 Å². The molecule has 2 aliphatic rings. The third-order valence-electron chi connectivity index (χ3n) is 5.92. The van der Waals surface area contributed by atoms with Crippen molar-refractivity contribution >= 4 is 35.6 Å². The van der Waals surface area contributed by atoms with Gasteiger partial charge in [-0.05, 0) is 31.5 Å². The van der Waals surface area contributed by atoms with Crippen LogP contribution in [0.25, 0.3) is 0 Å². The molecule has 1 saturated heterocycles. The minimum Gasteiger partial charge on any atom is -0.364 e. The van der Waals surface area contributed by atoms with Crippen LogP contribution in [-0.2, 0) is 6.54 Å². The normalized spacial score (nSPS) is 20.9. The first kappa shape index (κ1) is 20.1. The predicted octanol–water partition coefficient (Wildman–Crippen LogP) is 3.88. The van der Waals surface area contributed by atoms with Gasteiger partial charge in [-0.15, -0.1) is 24.0 Å². The maximum atomic E-state index is 4.48. The lowest BCUT2D eigenvalue weighted by molar-refractivity contribution is -0.0667. The van der Waals surface area contributed by atoms with Crippen molar-refractivity contribution in [3.8, 4) is 0 Å². The number of anilines is 1. The fraction of sp³-hybridized carbons (Fsp3) is 0.550. The fourth-order valence-corrected chi connectivity index (χ4v) is 3.39. The van der Waals surface area contributed by atoms with Crippen LogP contribution >= 0.6 is 24.0 Å². The van der Waals surface area contributed by atoms with Crippen molar-refractivity contribution in [1.29, 1.82) is 0 Å². The molecule has 0 amide bonds. The van der Waals surface area contributed by atoms with Crippen LogP contribution in [0.15, 0.2) is 41.4 Å². The third kappa shape index (κ3) is 3.81. The number of guanidine groups is 1. The molecule has 3 rings (SSSR count). The van der Waals surface area contributed by atoms with E-state index in [9.17, 15) is 0 Å². The number of nitrogens with one attached hydrogen (secondary N) is 1. The molecule has 0 bridgehead atoms. The van der Waals surface area contributed by atoms with E-state index in [4.69, 9.17) is 0 Å². The number of aliphatic imine (C=N–C) groups is 1. The predicted molar refractivity (Wildman–Crippen MR) is 118 cm³/mol. The van der Waals surface area contributed by atoms with Gasteiger partial charge in [-0.1, -0.05) is 38.1 Å². The van der Waals surface area contributed by atoms with Gasteiger partial charge in [-0.2, -0.15) is 0 Å². The first-order valence-electron chi connectivity index (χ1n) is 8.82. The molecule has 1 aromatic carbocycles. The van der Waals surface area contributed by atoms with Gasteiger partial charge < -0.3 is 15.1 Å². The average molecular weight is 454 g/mol. The van der Waals surface area contributed by atoms with Crippen LogP contribution in [0.2, 0.25) is 0 Å². The number of hydrogen-bond donors (Lipinski definition) is 1. The molecule has 1 aromatic rings. The highest BCUT2D eigenvalue weighted by molar-refractivity contribution is 14.0. The van der Waals surface area contributed by atoms with E-state index in [0.717, 1.165) is 32.1 Å². The molecule has 0 aromatic heterocycles. The van der Waals surface area contributed by atoms with Crippen LogP contribution in [0, 0.1) is 5.41 Å². The maximum Gasteiger partial charge on any atom is 0.194 e. The van der Waals surface area contributed by atoms with Crippen molar-refractivity contribution < 1.29 is 0 Å². The molecule has 2 aliphatic heterocycles. The molecule has 25 heavy (non-hydrogen) atoms. The highest BCUT2D eigenvalue weighted by Crippen LogP contribution is 2.46. The number of nitrogens with zero attached hydrogens (tertiary/aromatic N) is 3. The lowest BCUT2D eigenvalue weighted by atomic mass is 9.65. The van der Waals surface area contributed by atoms with E-state index in [1.54, 1.807) is 0 Å². The zero-order chi connectivity index (χ0) is 17.4. The minimum absolute atomic E-state index is 0. The molecule has 1 fully saturated rings. The van der Waals surface area contributed by atoms with Gasteiger partial charge in [0.25, 0.3) is 0 Å². The molecular formula is C20H31IN4. The van der Waals surface area contributed by atoms with Crippen molar-refractivity contribution in [2.45, 2.75) is 39.8 Å². The van der Waals surface area contributed by atoms with E-state index >= 15 is 0 Å². The second kappa shape index (κ2) is 7.56. The zero-order valence-corrected chi connectivity index (χ0v) is 18.4. The van der Waals surface area contributed by atoms with Crippen LogP contribution in [0.4, 0.5) is 5.69 Å². The molecule has 0 aliphatic carbocycles. The number of hydrogen-bond acceptors (Lipinski definition) is 2. The van der Waals surface area contributed by atoms with Crippen molar-refractivity contribution in [1.82, 2.24) is 10.2 Å². The lowest BCUT2D eigenvalue weighted by Gasteiger charge is -2.62. The van der Waals surface area contributed by atoms with Crippen molar-refractivity contribution in [2.75, 3.05) is 31.6 Å². The van der Waals surface area contributed by atoms with Gasteiger partial charge in [0.1, 0.15) is 0 Å². The Hall–Kier alpha value is -1.24. The van der Waals surface area contributed by atoms with Crippen LogP contribution in [0.5, 0.6) is 0 Å². The van der Waals surface area contributed by atoms with E-state index in [1.807, 2.05) is 7.05 Å². The monoisotopic (exact) mass is 454 g/mol. The van der Waals surface area contributed by atoms with Crippen molar-refractivity contribution in [3.63, 3.8) is 0 Å². The largest absolute Gasteiger partial charge is 0.364 e. The van der Waals surface area contributed by atoms with Gasteiger partial charge in [-0.25, -0.2) is 0 Å². The number of likely N-dealkylation sites (tertiary alicyclic amines) is 1. The Morgan fingerprint density at radius 1 is 1.08 bits per heavy atom. The summed E-state index contributed by atoms with van der Waals surface area (Å²) < 4.78 is 0. The summed E-state index contributed by atoms with van der Waals surface area (Å²) in [6, 6.07) is 8.84. The second-order valence-corrected chi connectivity index (χ2v) is 7.97. The summed E-state index contributed by atoms with van der Waals surface area (Å²) in [7, 11) is 1.87. The van der Waals surface area contributed by atoms with E-state index in [-0.39, 0.29) is 29.5 Å². The summed E-state index contributed by atoms with van der Waals surface area (Å²) in [5.41, 5.74) is 3.01. The summed E-state index contributed by atoms with van der Waals surface area (Å²) >= 11 is 0. The molecule has 0 atom stereocenters. The molecule has 1 N–H and O–H groups in total. The summed E-state index contributed by atoms with van der Waals surface area (Å²) in [5.74, 6) is 0.993. The van der Waals surface area contributed by atoms with Gasteiger partial charge in [0.2, 0.25) is 0 Å².